The molecule has 0 bridgehead atoms. The molecule has 0 aliphatic rings. The summed E-state index contributed by atoms with van der Waals surface area (Å²) in [7, 11) is 0. The van der Waals surface area contributed by atoms with E-state index in [0.29, 0.717) is 5.56 Å². The van der Waals surface area contributed by atoms with E-state index in [9.17, 15) is 0 Å². The Bertz CT molecular complexity index is 498. The third-order valence-electron chi connectivity index (χ3n) is 2.46. The topological polar surface area (TPSA) is 36.7 Å². The van der Waals surface area contributed by atoms with Crippen LogP contribution in [0.25, 0.3) is 0 Å². The number of hydrogen-bond acceptors (Lipinski definition) is 2. The van der Waals surface area contributed by atoms with Gasteiger partial charge in [0.1, 0.15) is 0 Å². The molecule has 0 saturated carbocycles. The molecule has 1 aromatic heterocycles. The Balaban J connectivity index is 2.03. The number of hydrogen-bond donors (Lipinski definition) is 0. The predicted octanol–water partition coefficient (Wildman–Crippen LogP) is 2.74. The van der Waals surface area contributed by atoms with Crippen molar-refractivity contribution in [3.8, 4) is 6.07 Å². The summed E-state index contributed by atoms with van der Waals surface area (Å²) in [5, 5.41) is 8.77. The van der Waals surface area contributed by atoms with Crippen LogP contribution in [0.4, 0.5) is 0 Å². The van der Waals surface area contributed by atoms with Gasteiger partial charge in [0.2, 0.25) is 0 Å². The van der Waals surface area contributed by atoms with E-state index in [2.05, 4.69) is 23.2 Å². The summed E-state index contributed by atoms with van der Waals surface area (Å²) >= 11 is 0. The first-order valence-electron chi connectivity index (χ1n) is 5.27. The van der Waals surface area contributed by atoms with E-state index in [4.69, 9.17) is 5.26 Å². The molecule has 0 N–H and O–H groups in total. The van der Waals surface area contributed by atoms with E-state index < -0.39 is 0 Å². The number of aryl methyl sites for hydroxylation is 2. The first kappa shape index (κ1) is 10.4. The van der Waals surface area contributed by atoms with E-state index in [1.807, 2.05) is 24.3 Å². The molecule has 0 fully saturated rings. The second-order valence-corrected chi connectivity index (χ2v) is 3.63. The van der Waals surface area contributed by atoms with Crippen molar-refractivity contribution < 1.29 is 0 Å². The van der Waals surface area contributed by atoms with Gasteiger partial charge in [-0.05, 0) is 30.5 Å². The van der Waals surface area contributed by atoms with Crippen LogP contribution in [0.2, 0.25) is 0 Å². The Labute approximate surface area is 95.2 Å². The lowest BCUT2D eigenvalue weighted by Crippen LogP contribution is -1.94. The number of nitrogens with zero attached hydrogens (tertiary/aromatic N) is 2. The summed E-state index contributed by atoms with van der Waals surface area (Å²) < 4.78 is 0. The molecule has 1 heterocycles. The quantitative estimate of drug-likeness (QED) is 0.777. The first-order valence-corrected chi connectivity index (χ1v) is 5.27. The van der Waals surface area contributed by atoms with E-state index in [-0.39, 0.29) is 0 Å². The Morgan fingerprint density at radius 1 is 1.06 bits per heavy atom. The minimum absolute atomic E-state index is 0.679. The smallest absolute Gasteiger partial charge is 0.0992 e. The van der Waals surface area contributed by atoms with Gasteiger partial charge in [0.25, 0.3) is 0 Å². The van der Waals surface area contributed by atoms with Crippen molar-refractivity contribution in [1.29, 1.82) is 5.26 Å². The number of pyridine rings is 1. The molecule has 0 unspecified atom stereocenters. The molecule has 2 heteroatoms. The van der Waals surface area contributed by atoms with E-state index in [1.165, 1.54) is 5.56 Å². The van der Waals surface area contributed by atoms with Gasteiger partial charge in [-0.2, -0.15) is 5.26 Å². The minimum atomic E-state index is 0.679. The Hall–Kier alpha value is -2.14. The second-order valence-electron chi connectivity index (χ2n) is 3.63. The number of benzene rings is 1. The van der Waals surface area contributed by atoms with Crippen molar-refractivity contribution in [2.45, 2.75) is 12.8 Å². The van der Waals surface area contributed by atoms with Gasteiger partial charge in [0.15, 0.2) is 0 Å². The van der Waals surface area contributed by atoms with Gasteiger partial charge in [-0.25, -0.2) is 0 Å². The lowest BCUT2D eigenvalue weighted by molar-refractivity contribution is 0.912. The Morgan fingerprint density at radius 3 is 2.62 bits per heavy atom. The molecule has 0 saturated heterocycles. The van der Waals surface area contributed by atoms with Gasteiger partial charge < -0.3 is 0 Å². The third-order valence-corrected chi connectivity index (χ3v) is 2.46. The molecule has 0 aliphatic carbocycles. The molecule has 16 heavy (non-hydrogen) atoms. The molecule has 2 nitrogen and oxygen atoms in total. The highest BCUT2D eigenvalue weighted by molar-refractivity contribution is 5.29. The first-order chi connectivity index (χ1) is 7.88. The Morgan fingerprint density at radius 2 is 1.88 bits per heavy atom. The van der Waals surface area contributed by atoms with Gasteiger partial charge in [-0.15, -0.1) is 0 Å². The zero-order chi connectivity index (χ0) is 11.2. The van der Waals surface area contributed by atoms with Crippen molar-refractivity contribution in [3.05, 3.63) is 65.5 Å². The summed E-state index contributed by atoms with van der Waals surface area (Å²) in [5.74, 6) is 0. The number of nitriles is 1. The molecule has 1 aromatic carbocycles. The molecule has 2 aromatic rings. The van der Waals surface area contributed by atoms with Gasteiger partial charge in [0, 0.05) is 11.9 Å². The standard InChI is InChI=1S/C14H12N2/c15-11-13-8-9-16-14(10-13)7-6-12-4-2-1-3-5-12/h1-5,8-10H,6-7H2. The maximum atomic E-state index is 8.77. The normalized spacial score (nSPS) is 9.69. The van der Waals surface area contributed by atoms with Crippen LogP contribution in [-0.2, 0) is 12.8 Å². The molecule has 0 aliphatic heterocycles. The fourth-order valence-electron chi connectivity index (χ4n) is 1.60. The Kier molecular flexibility index (Phi) is 3.30. The third kappa shape index (κ3) is 2.68. The molecule has 0 radical (unpaired) electrons. The van der Waals surface area contributed by atoms with Gasteiger partial charge in [-0.1, -0.05) is 30.3 Å². The van der Waals surface area contributed by atoms with Crippen molar-refractivity contribution in [2.24, 2.45) is 0 Å². The highest BCUT2D eigenvalue weighted by Crippen LogP contribution is 2.06. The fourth-order valence-corrected chi connectivity index (χ4v) is 1.60. The van der Waals surface area contributed by atoms with Crippen LogP contribution in [0.5, 0.6) is 0 Å². The average Bonchev–Trinajstić information content (AvgIpc) is 2.38. The summed E-state index contributed by atoms with van der Waals surface area (Å²) in [5.41, 5.74) is 2.95. The number of rotatable bonds is 3. The number of aromatic nitrogens is 1. The van der Waals surface area contributed by atoms with Gasteiger partial charge >= 0.3 is 0 Å². The molecule has 0 atom stereocenters. The zero-order valence-electron chi connectivity index (χ0n) is 8.93. The average molecular weight is 208 g/mol. The highest BCUT2D eigenvalue weighted by atomic mass is 14.7. The van der Waals surface area contributed by atoms with Crippen molar-refractivity contribution in [1.82, 2.24) is 4.98 Å². The SMILES string of the molecule is N#Cc1ccnc(CCc2ccccc2)c1. The van der Waals surface area contributed by atoms with Crippen LogP contribution in [0.15, 0.2) is 48.7 Å². The zero-order valence-corrected chi connectivity index (χ0v) is 8.93. The van der Waals surface area contributed by atoms with E-state index >= 15 is 0 Å². The molecule has 78 valence electrons. The predicted molar refractivity (Wildman–Crippen MR) is 62.8 cm³/mol. The maximum Gasteiger partial charge on any atom is 0.0992 e. The lowest BCUT2D eigenvalue weighted by Gasteiger charge is -2.01. The fraction of sp³-hybridized carbons (Fsp3) is 0.143. The molecule has 2 rings (SSSR count). The van der Waals surface area contributed by atoms with E-state index in [1.54, 1.807) is 12.3 Å². The molecule has 0 spiro atoms. The van der Waals surface area contributed by atoms with Crippen molar-refractivity contribution in [2.75, 3.05) is 0 Å². The summed E-state index contributed by atoms with van der Waals surface area (Å²) in [6, 6.07) is 16.0. The lowest BCUT2D eigenvalue weighted by atomic mass is 10.1. The summed E-state index contributed by atoms with van der Waals surface area (Å²) in [6.07, 6.45) is 3.53. The van der Waals surface area contributed by atoms with Crippen LogP contribution in [0.1, 0.15) is 16.8 Å². The molecular formula is C14H12N2. The molecule has 0 amide bonds. The van der Waals surface area contributed by atoms with Crippen LogP contribution in [-0.4, -0.2) is 4.98 Å². The van der Waals surface area contributed by atoms with Crippen LogP contribution in [0, 0.1) is 11.3 Å². The van der Waals surface area contributed by atoms with Gasteiger partial charge in [-0.3, -0.25) is 4.98 Å². The summed E-state index contributed by atoms with van der Waals surface area (Å²) in [6.45, 7) is 0. The van der Waals surface area contributed by atoms with Gasteiger partial charge in [0.05, 0.1) is 11.6 Å². The van der Waals surface area contributed by atoms with Crippen molar-refractivity contribution >= 4 is 0 Å². The summed E-state index contributed by atoms with van der Waals surface area (Å²) in [4.78, 5) is 4.25. The van der Waals surface area contributed by atoms with Crippen LogP contribution >= 0.6 is 0 Å². The minimum Gasteiger partial charge on any atom is -0.261 e. The van der Waals surface area contributed by atoms with Crippen LogP contribution < -0.4 is 0 Å². The van der Waals surface area contributed by atoms with Crippen LogP contribution in [0.3, 0.4) is 0 Å². The maximum absolute atomic E-state index is 8.77. The largest absolute Gasteiger partial charge is 0.261 e. The molecular weight excluding hydrogens is 196 g/mol. The monoisotopic (exact) mass is 208 g/mol. The second kappa shape index (κ2) is 5.09. The van der Waals surface area contributed by atoms with Crippen molar-refractivity contribution in [3.63, 3.8) is 0 Å². The highest BCUT2D eigenvalue weighted by Gasteiger charge is 1.98. The van der Waals surface area contributed by atoms with E-state index in [0.717, 1.165) is 18.5 Å².